The van der Waals surface area contributed by atoms with Crippen LogP contribution in [0.4, 0.5) is 0 Å². The predicted molar refractivity (Wildman–Crippen MR) is 127 cm³/mol. The van der Waals surface area contributed by atoms with Crippen LogP contribution in [0.25, 0.3) is 0 Å². The number of likely N-dealkylation sites (tertiary alicyclic amines) is 1. The van der Waals surface area contributed by atoms with Crippen LogP contribution in [0.5, 0.6) is 0 Å². The number of hydrogen-bond acceptors (Lipinski definition) is 8. The van der Waals surface area contributed by atoms with Crippen LogP contribution in [0.15, 0.2) is 6.20 Å². The van der Waals surface area contributed by atoms with E-state index >= 15 is 0 Å². The molecule has 5 fully saturated rings. The van der Waals surface area contributed by atoms with E-state index in [0.29, 0.717) is 30.8 Å². The van der Waals surface area contributed by atoms with Gasteiger partial charge in [0.05, 0.1) is 43.3 Å². The number of nitrogens with one attached hydrogen (secondary N) is 1. The Morgan fingerprint density at radius 2 is 1.80 bits per heavy atom. The van der Waals surface area contributed by atoms with Gasteiger partial charge in [0.15, 0.2) is 0 Å². The van der Waals surface area contributed by atoms with Gasteiger partial charge in [-0.2, -0.15) is 0 Å². The number of aromatic nitrogens is 3. The molecular weight excluding hydrogens is 450 g/mol. The molecule has 4 N–H and O–H groups in total. The first kappa shape index (κ1) is 25.1. The second-order valence-corrected chi connectivity index (χ2v) is 11.7. The number of amides is 1. The molecule has 0 aromatic carbocycles. The van der Waals surface area contributed by atoms with Crippen LogP contribution < -0.4 is 5.32 Å². The van der Waals surface area contributed by atoms with Gasteiger partial charge in [0, 0.05) is 19.5 Å². The van der Waals surface area contributed by atoms with Gasteiger partial charge in [-0.1, -0.05) is 12.1 Å². The molecule has 4 saturated carbocycles. The van der Waals surface area contributed by atoms with Crippen molar-refractivity contribution in [3.05, 3.63) is 11.9 Å². The maximum absolute atomic E-state index is 11.7. The van der Waals surface area contributed by atoms with E-state index in [4.69, 9.17) is 4.74 Å². The number of carbonyl (C=O) groups excluding carboxylic acids is 1. The molecule has 1 aromatic heterocycles. The smallest absolute Gasteiger partial charge is 0.217 e. The average molecular weight is 492 g/mol. The highest BCUT2D eigenvalue weighted by atomic mass is 16.5. The second kappa shape index (κ2) is 10.0. The minimum Gasteiger partial charge on any atom is -0.395 e. The number of nitrogens with zero attached hydrogens (tertiary/aromatic N) is 4. The first-order valence-corrected chi connectivity index (χ1v) is 13.3. The maximum atomic E-state index is 11.7. The molecule has 6 rings (SSSR count). The van der Waals surface area contributed by atoms with E-state index in [1.165, 1.54) is 45.4 Å². The zero-order valence-electron chi connectivity index (χ0n) is 20.9. The first-order valence-electron chi connectivity index (χ1n) is 13.3. The summed E-state index contributed by atoms with van der Waals surface area (Å²) in [6, 6.07) is -1.58. The van der Waals surface area contributed by atoms with Crippen LogP contribution in [-0.2, 0) is 22.8 Å². The molecule has 5 atom stereocenters. The monoisotopic (exact) mass is 491 g/mol. The standard InChI is InChI=1S/C25H41N5O5/c1-3-20-22(26-15(2)32)24(34)23(33)21(12-31)30(20)11-19-10-29(28-27-19)14-35-13-25-7-16-4-17(8-25)6-18(5-16)9-25/h10,16-18,20-24,31,33-34H,3-9,11-14H2,1-2H3,(H,26,32)/t16?,17?,18?,20-,21-,22+,23-,24-,25?/m1/s1. The summed E-state index contributed by atoms with van der Waals surface area (Å²) < 4.78 is 7.87. The van der Waals surface area contributed by atoms with Gasteiger partial charge < -0.3 is 25.4 Å². The van der Waals surface area contributed by atoms with E-state index in [-0.39, 0.29) is 18.6 Å². The number of ether oxygens (including phenoxy) is 1. The summed E-state index contributed by atoms with van der Waals surface area (Å²) in [5.74, 6) is 2.42. The molecule has 35 heavy (non-hydrogen) atoms. The molecule has 0 unspecified atom stereocenters. The highest BCUT2D eigenvalue weighted by Gasteiger charge is 2.51. The molecule has 196 valence electrons. The Kier molecular flexibility index (Phi) is 7.20. The van der Waals surface area contributed by atoms with Crippen LogP contribution in [0.3, 0.4) is 0 Å². The summed E-state index contributed by atoms with van der Waals surface area (Å²) >= 11 is 0. The van der Waals surface area contributed by atoms with Crippen molar-refractivity contribution in [3.8, 4) is 0 Å². The fourth-order valence-corrected chi connectivity index (χ4v) is 8.15. The van der Waals surface area contributed by atoms with Gasteiger partial charge in [-0.25, -0.2) is 4.68 Å². The predicted octanol–water partition coefficient (Wildman–Crippen LogP) is 0.650. The molecule has 1 saturated heterocycles. The molecular formula is C25H41N5O5. The van der Waals surface area contributed by atoms with Crippen LogP contribution in [-0.4, -0.2) is 84.7 Å². The largest absolute Gasteiger partial charge is 0.395 e. The fourth-order valence-electron chi connectivity index (χ4n) is 8.15. The van der Waals surface area contributed by atoms with Gasteiger partial charge in [0.1, 0.15) is 12.8 Å². The summed E-state index contributed by atoms with van der Waals surface area (Å²) in [5, 5.41) is 42.6. The van der Waals surface area contributed by atoms with E-state index in [1.807, 2.05) is 18.0 Å². The topological polar surface area (TPSA) is 133 Å². The molecule has 0 spiro atoms. The van der Waals surface area contributed by atoms with Gasteiger partial charge in [-0.3, -0.25) is 9.69 Å². The molecule has 10 heteroatoms. The zero-order valence-corrected chi connectivity index (χ0v) is 20.9. The Hall–Kier alpha value is -1.59. The first-order chi connectivity index (χ1) is 16.8. The number of aliphatic hydroxyl groups is 3. The molecule has 10 nitrogen and oxygen atoms in total. The highest BCUT2D eigenvalue weighted by molar-refractivity contribution is 5.73. The lowest BCUT2D eigenvalue weighted by molar-refractivity contribution is -0.142. The third-order valence-electron chi connectivity index (χ3n) is 9.08. The summed E-state index contributed by atoms with van der Waals surface area (Å²) in [6.07, 6.45) is 8.28. The molecule has 0 radical (unpaired) electrons. The van der Waals surface area contributed by atoms with Crippen LogP contribution >= 0.6 is 0 Å². The highest BCUT2D eigenvalue weighted by Crippen LogP contribution is 2.60. The Morgan fingerprint density at radius 3 is 2.37 bits per heavy atom. The van der Waals surface area contributed by atoms with Crippen molar-refractivity contribution in [1.29, 1.82) is 0 Å². The third kappa shape index (κ3) is 5.00. The summed E-state index contributed by atoms with van der Waals surface area (Å²) in [6.45, 7) is 4.50. The van der Waals surface area contributed by atoms with E-state index < -0.39 is 24.3 Å². The van der Waals surface area contributed by atoms with Crippen LogP contribution in [0.2, 0.25) is 0 Å². The van der Waals surface area contributed by atoms with Gasteiger partial charge in [0.2, 0.25) is 5.91 Å². The lowest BCUT2D eigenvalue weighted by Crippen LogP contribution is -2.70. The molecule has 4 aliphatic carbocycles. The molecule has 4 bridgehead atoms. The second-order valence-electron chi connectivity index (χ2n) is 11.7. The third-order valence-corrected chi connectivity index (χ3v) is 9.08. The lowest BCUT2D eigenvalue weighted by atomic mass is 9.50. The zero-order chi connectivity index (χ0) is 24.7. The van der Waals surface area contributed by atoms with Gasteiger partial charge in [-0.15, -0.1) is 5.10 Å². The minimum atomic E-state index is -1.20. The van der Waals surface area contributed by atoms with Crippen molar-refractivity contribution in [2.24, 2.45) is 23.2 Å². The lowest BCUT2D eigenvalue weighted by Gasteiger charge is -2.56. The van der Waals surface area contributed by atoms with Gasteiger partial charge in [0.25, 0.3) is 0 Å². The van der Waals surface area contributed by atoms with Crippen molar-refractivity contribution in [2.75, 3.05) is 13.2 Å². The minimum absolute atomic E-state index is 0.271. The molecule has 1 amide bonds. The van der Waals surface area contributed by atoms with Crippen molar-refractivity contribution < 1.29 is 24.9 Å². The number of aliphatic hydroxyl groups excluding tert-OH is 3. The van der Waals surface area contributed by atoms with Crippen molar-refractivity contribution in [2.45, 2.75) is 102 Å². The van der Waals surface area contributed by atoms with Gasteiger partial charge >= 0.3 is 0 Å². The summed E-state index contributed by atoms with van der Waals surface area (Å²) in [7, 11) is 0. The average Bonchev–Trinajstić information content (AvgIpc) is 3.23. The van der Waals surface area contributed by atoms with Crippen LogP contribution in [0, 0.1) is 23.2 Å². The molecule has 1 aromatic rings. The van der Waals surface area contributed by atoms with Crippen LogP contribution in [0.1, 0.15) is 64.5 Å². The normalized spacial score (nSPS) is 40.8. The number of rotatable bonds is 9. The quantitative estimate of drug-likeness (QED) is 0.396. The van der Waals surface area contributed by atoms with Crippen molar-refractivity contribution in [1.82, 2.24) is 25.2 Å². The number of hydrogen-bond donors (Lipinski definition) is 4. The van der Waals surface area contributed by atoms with E-state index in [9.17, 15) is 20.1 Å². The Morgan fingerprint density at radius 1 is 1.14 bits per heavy atom. The number of carbonyl (C=O) groups is 1. The Labute approximate surface area is 207 Å². The molecule has 5 aliphatic rings. The Bertz CT molecular complexity index is 858. The van der Waals surface area contributed by atoms with Crippen molar-refractivity contribution >= 4 is 5.91 Å². The van der Waals surface area contributed by atoms with E-state index in [1.54, 1.807) is 4.68 Å². The summed E-state index contributed by atoms with van der Waals surface area (Å²) in [4.78, 5) is 13.7. The van der Waals surface area contributed by atoms with E-state index in [0.717, 1.165) is 24.4 Å². The van der Waals surface area contributed by atoms with Crippen molar-refractivity contribution in [3.63, 3.8) is 0 Å². The summed E-state index contributed by atoms with van der Waals surface area (Å²) in [5.41, 5.74) is 1.04. The fraction of sp³-hybridized carbons (Fsp3) is 0.880. The van der Waals surface area contributed by atoms with E-state index in [2.05, 4.69) is 15.6 Å². The number of piperidine rings is 1. The molecule has 2 heterocycles. The van der Waals surface area contributed by atoms with Gasteiger partial charge in [-0.05, 0) is 68.1 Å². The SMILES string of the molecule is CC[C@@H]1[C@H](NC(C)=O)[C@@H](O)[C@H](O)[C@@H](CO)N1Cc1cn(COCC23CC4CC(CC(C4)C2)C3)nn1. The molecule has 1 aliphatic heterocycles. The maximum Gasteiger partial charge on any atom is 0.217 e. The Balaban J connectivity index is 1.21.